The van der Waals surface area contributed by atoms with E-state index in [0.717, 1.165) is 22.3 Å². The number of benzene rings is 3. The van der Waals surface area contributed by atoms with Crippen LogP contribution in [0.3, 0.4) is 0 Å². The molecule has 2 atom stereocenters. The lowest BCUT2D eigenvalue weighted by Gasteiger charge is -2.22. The van der Waals surface area contributed by atoms with E-state index in [1.165, 1.54) is 19.1 Å². The number of amidine groups is 1. The van der Waals surface area contributed by atoms with Gasteiger partial charge in [-0.15, -0.1) is 0 Å². The van der Waals surface area contributed by atoms with E-state index in [4.69, 9.17) is 15.6 Å². The molecule has 1 aliphatic rings. The molecule has 1 aliphatic carbocycles. The molecule has 6 N–H and O–H groups in total. The fourth-order valence-corrected chi connectivity index (χ4v) is 5.17. The van der Waals surface area contributed by atoms with E-state index in [0.29, 0.717) is 30.8 Å². The molecular formula is C34H39N5O6. The van der Waals surface area contributed by atoms with Gasteiger partial charge in [-0.1, -0.05) is 67.6 Å². The summed E-state index contributed by atoms with van der Waals surface area (Å²) in [4.78, 5) is 54.3. The van der Waals surface area contributed by atoms with Crippen molar-refractivity contribution in [3.8, 4) is 11.1 Å². The number of aromatic carboxylic acids is 1. The van der Waals surface area contributed by atoms with Gasteiger partial charge in [-0.3, -0.25) is 14.6 Å². The summed E-state index contributed by atoms with van der Waals surface area (Å²) in [6.07, 6.45) is 0.587. The number of amides is 3. The molecular weight excluding hydrogens is 574 g/mol. The van der Waals surface area contributed by atoms with Crippen LogP contribution < -0.4 is 21.7 Å². The van der Waals surface area contributed by atoms with Crippen molar-refractivity contribution in [3.05, 3.63) is 95.1 Å². The standard InChI is InChI=1S/C34H39N5O6/c1-3-30(35)36-18-8-13-29(32(41)38-21(2)31(40)37-19-22-14-16-23(17-15-22)33(42)43)39-34(44)45-20-28-26-11-6-4-9-24(26)25-10-5-7-12-27(25)28/h4-7,9-12,14-17,21,28-29H,3,8,13,18-20H2,1-2H3,(H2,35,36)(H,37,40)(H,38,41)(H,39,44)(H,42,43)/t21-,29-/m1/s1. The lowest BCUT2D eigenvalue weighted by molar-refractivity contribution is -0.129. The van der Waals surface area contributed by atoms with Crippen molar-refractivity contribution in [2.24, 2.45) is 10.7 Å². The van der Waals surface area contributed by atoms with Crippen molar-refractivity contribution in [1.82, 2.24) is 16.0 Å². The zero-order chi connectivity index (χ0) is 32.3. The number of fused-ring (bicyclic) bond motifs is 3. The van der Waals surface area contributed by atoms with Crippen LogP contribution in [0.5, 0.6) is 0 Å². The fraction of sp³-hybridized carbons (Fsp3) is 0.324. The molecule has 3 amide bonds. The number of carbonyl (C=O) groups is 4. The van der Waals surface area contributed by atoms with Crippen LogP contribution in [-0.4, -0.2) is 60.1 Å². The Bertz CT molecular complexity index is 1510. The molecule has 45 heavy (non-hydrogen) atoms. The van der Waals surface area contributed by atoms with Crippen molar-refractivity contribution in [2.45, 2.75) is 57.7 Å². The number of hydrogen-bond donors (Lipinski definition) is 5. The van der Waals surface area contributed by atoms with E-state index in [-0.39, 0.29) is 31.1 Å². The minimum atomic E-state index is -1.04. The van der Waals surface area contributed by atoms with Crippen LogP contribution in [0.1, 0.15) is 66.1 Å². The Morgan fingerprint density at radius 2 is 1.53 bits per heavy atom. The maximum Gasteiger partial charge on any atom is 0.407 e. The highest BCUT2D eigenvalue weighted by Crippen LogP contribution is 2.44. The summed E-state index contributed by atoms with van der Waals surface area (Å²) in [7, 11) is 0. The zero-order valence-electron chi connectivity index (χ0n) is 25.4. The van der Waals surface area contributed by atoms with Crippen LogP contribution in [-0.2, 0) is 20.9 Å². The number of nitrogens with zero attached hydrogens (tertiary/aromatic N) is 1. The van der Waals surface area contributed by atoms with E-state index in [1.807, 2.05) is 43.3 Å². The van der Waals surface area contributed by atoms with Gasteiger partial charge in [0.25, 0.3) is 0 Å². The summed E-state index contributed by atoms with van der Waals surface area (Å²) in [5.41, 5.74) is 11.0. The van der Waals surface area contributed by atoms with Gasteiger partial charge in [-0.05, 0) is 59.7 Å². The monoisotopic (exact) mass is 613 g/mol. The Morgan fingerprint density at radius 3 is 2.13 bits per heavy atom. The molecule has 4 rings (SSSR count). The summed E-state index contributed by atoms with van der Waals surface area (Å²) in [6.45, 7) is 4.06. The van der Waals surface area contributed by atoms with Crippen LogP contribution in [0.4, 0.5) is 4.79 Å². The van der Waals surface area contributed by atoms with Crippen molar-refractivity contribution in [2.75, 3.05) is 13.2 Å². The second-order valence-electron chi connectivity index (χ2n) is 10.8. The molecule has 0 spiro atoms. The number of rotatable bonds is 14. The molecule has 0 saturated carbocycles. The minimum Gasteiger partial charge on any atom is -0.478 e. The van der Waals surface area contributed by atoms with Gasteiger partial charge in [-0.2, -0.15) is 0 Å². The van der Waals surface area contributed by atoms with Gasteiger partial charge >= 0.3 is 12.1 Å². The average Bonchev–Trinajstić information content (AvgIpc) is 3.37. The zero-order valence-corrected chi connectivity index (χ0v) is 25.4. The number of carbonyl (C=O) groups excluding carboxylic acids is 3. The molecule has 0 saturated heterocycles. The number of nitrogens with two attached hydrogens (primary N) is 1. The molecule has 236 valence electrons. The highest BCUT2D eigenvalue weighted by Gasteiger charge is 2.30. The Balaban J connectivity index is 1.35. The summed E-state index contributed by atoms with van der Waals surface area (Å²) in [5.74, 6) is -1.65. The van der Waals surface area contributed by atoms with Crippen molar-refractivity contribution in [3.63, 3.8) is 0 Å². The molecule has 0 heterocycles. The van der Waals surface area contributed by atoms with Gasteiger partial charge in [0.1, 0.15) is 18.7 Å². The van der Waals surface area contributed by atoms with Crippen molar-refractivity contribution >= 4 is 29.7 Å². The van der Waals surface area contributed by atoms with Crippen LogP contribution in [0.25, 0.3) is 11.1 Å². The molecule has 0 radical (unpaired) electrons. The first kappa shape index (κ1) is 32.7. The maximum absolute atomic E-state index is 13.3. The topological polar surface area (TPSA) is 172 Å². The van der Waals surface area contributed by atoms with Crippen LogP contribution in [0.2, 0.25) is 0 Å². The lowest BCUT2D eigenvalue weighted by atomic mass is 9.98. The van der Waals surface area contributed by atoms with Gasteiger partial charge in [0, 0.05) is 25.4 Å². The summed E-state index contributed by atoms with van der Waals surface area (Å²) < 4.78 is 5.65. The van der Waals surface area contributed by atoms with Crippen LogP contribution in [0, 0.1) is 0 Å². The molecule has 0 fully saturated rings. The Kier molecular flexibility index (Phi) is 11.3. The SMILES string of the molecule is CCC(N)=NCCC[C@@H](NC(=O)OCC1c2ccccc2-c2ccccc21)C(=O)N[C@H](C)C(=O)NCc1ccc(C(=O)O)cc1. The Hall–Kier alpha value is -5.19. The fourth-order valence-electron chi connectivity index (χ4n) is 5.17. The number of carboxylic acid groups (broad SMARTS) is 1. The smallest absolute Gasteiger partial charge is 0.407 e. The van der Waals surface area contributed by atoms with E-state index in [1.54, 1.807) is 12.1 Å². The third kappa shape index (κ3) is 8.69. The molecule has 0 aromatic heterocycles. The third-order valence-corrected chi connectivity index (χ3v) is 7.70. The summed E-state index contributed by atoms with van der Waals surface area (Å²) >= 11 is 0. The minimum absolute atomic E-state index is 0.0950. The van der Waals surface area contributed by atoms with Crippen molar-refractivity contribution in [1.29, 1.82) is 0 Å². The van der Waals surface area contributed by atoms with Gasteiger partial charge in [0.05, 0.1) is 11.4 Å². The molecule has 0 unspecified atom stereocenters. The van der Waals surface area contributed by atoms with E-state index < -0.39 is 36.0 Å². The highest BCUT2D eigenvalue weighted by molar-refractivity contribution is 5.91. The lowest BCUT2D eigenvalue weighted by Crippen LogP contribution is -2.52. The van der Waals surface area contributed by atoms with E-state index in [9.17, 15) is 19.2 Å². The van der Waals surface area contributed by atoms with Gasteiger partial charge in [0.2, 0.25) is 11.8 Å². The third-order valence-electron chi connectivity index (χ3n) is 7.70. The second-order valence-corrected chi connectivity index (χ2v) is 10.8. The van der Waals surface area contributed by atoms with Crippen LogP contribution in [0.15, 0.2) is 77.8 Å². The quantitative estimate of drug-likeness (QED) is 0.104. The van der Waals surface area contributed by atoms with Crippen LogP contribution >= 0.6 is 0 Å². The van der Waals surface area contributed by atoms with Gasteiger partial charge in [-0.25, -0.2) is 9.59 Å². The van der Waals surface area contributed by atoms with Gasteiger partial charge in [0.15, 0.2) is 0 Å². The average molecular weight is 614 g/mol. The largest absolute Gasteiger partial charge is 0.478 e. The number of nitrogens with one attached hydrogen (secondary N) is 3. The first-order chi connectivity index (χ1) is 21.7. The number of ether oxygens (including phenoxy) is 1. The number of hydrogen-bond acceptors (Lipinski definition) is 6. The summed E-state index contributed by atoms with van der Waals surface area (Å²) in [6, 6.07) is 20.3. The maximum atomic E-state index is 13.3. The normalized spacial score (nSPS) is 13.6. The second kappa shape index (κ2) is 15.5. The number of carboxylic acids is 1. The Morgan fingerprint density at radius 1 is 0.911 bits per heavy atom. The first-order valence-electron chi connectivity index (χ1n) is 15.0. The van der Waals surface area contributed by atoms with E-state index in [2.05, 4.69) is 33.1 Å². The molecule has 0 bridgehead atoms. The number of aliphatic imine (C=N–C) groups is 1. The first-order valence-corrected chi connectivity index (χ1v) is 15.0. The number of alkyl carbamates (subject to hydrolysis) is 1. The summed E-state index contributed by atoms with van der Waals surface area (Å²) in [5, 5.41) is 17.1. The molecule has 3 aromatic carbocycles. The van der Waals surface area contributed by atoms with Crippen molar-refractivity contribution < 1.29 is 29.0 Å². The van der Waals surface area contributed by atoms with E-state index >= 15 is 0 Å². The molecule has 3 aromatic rings. The highest BCUT2D eigenvalue weighted by atomic mass is 16.5. The molecule has 11 heteroatoms. The Labute approximate surface area is 262 Å². The molecule has 0 aliphatic heterocycles. The predicted molar refractivity (Wildman–Crippen MR) is 171 cm³/mol. The molecule has 11 nitrogen and oxygen atoms in total. The van der Waals surface area contributed by atoms with Gasteiger partial charge < -0.3 is 31.5 Å². The predicted octanol–water partition coefficient (Wildman–Crippen LogP) is 3.96.